The van der Waals surface area contributed by atoms with Crippen LogP contribution >= 0.6 is 0 Å². The average Bonchev–Trinajstić information content (AvgIpc) is 2.27. The number of rotatable bonds is 2. The summed E-state index contributed by atoms with van der Waals surface area (Å²) in [6, 6.07) is 6.56. The van der Waals surface area contributed by atoms with Crippen molar-refractivity contribution in [2.45, 2.75) is 12.2 Å². The lowest BCUT2D eigenvalue weighted by Gasteiger charge is -2.06. The summed E-state index contributed by atoms with van der Waals surface area (Å²) >= 11 is 0. The van der Waals surface area contributed by atoms with Gasteiger partial charge in [0.15, 0.2) is 0 Å². The molecule has 2 heteroatoms. The van der Waals surface area contributed by atoms with Gasteiger partial charge in [0.05, 0.1) is 0 Å². The molecule has 0 aliphatic rings. The third-order valence-electron chi connectivity index (χ3n) is 1.88. The van der Waals surface area contributed by atoms with Crippen LogP contribution in [-0.4, -0.2) is 10.2 Å². The Balaban J connectivity index is 2.91. The highest BCUT2D eigenvalue weighted by Crippen LogP contribution is 2.16. The minimum absolute atomic E-state index is 0.612. The molecule has 14 heavy (non-hydrogen) atoms. The highest BCUT2D eigenvalue weighted by molar-refractivity contribution is 5.31. The Bertz CT molecular complexity index is 339. The molecule has 2 N–H and O–H groups in total. The third kappa shape index (κ3) is 2.14. The van der Waals surface area contributed by atoms with Crippen molar-refractivity contribution in [3.05, 3.63) is 35.4 Å². The molecule has 0 spiro atoms. The van der Waals surface area contributed by atoms with Gasteiger partial charge < -0.3 is 10.2 Å². The van der Waals surface area contributed by atoms with E-state index in [2.05, 4.69) is 11.8 Å². The van der Waals surface area contributed by atoms with Crippen LogP contribution in [0.5, 0.6) is 0 Å². The molecule has 0 aliphatic carbocycles. The minimum atomic E-state index is -0.910. The van der Waals surface area contributed by atoms with Crippen molar-refractivity contribution in [2.24, 2.45) is 0 Å². The van der Waals surface area contributed by atoms with Crippen molar-refractivity contribution in [3.63, 3.8) is 0 Å². The molecule has 0 unspecified atom stereocenters. The van der Waals surface area contributed by atoms with Gasteiger partial charge in [-0.05, 0) is 11.1 Å². The van der Waals surface area contributed by atoms with Crippen LogP contribution in [0.2, 0.25) is 0 Å². The maximum atomic E-state index is 9.28. The smallest absolute Gasteiger partial charge is 0.139 e. The molecule has 2 nitrogen and oxygen atoms in total. The SMILES string of the molecule is C#C[C@@H](O)c1ccc([C@H](O)C#C)cc1. The molecular formula is C12H10O2. The van der Waals surface area contributed by atoms with E-state index in [1.165, 1.54) is 0 Å². The summed E-state index contributed by atoms with van der Waals surface area (Å²) in [7, 11) is 0. The van der Waals surface area contributed by atoms with Gasteiger partial charge in [-0.3, -0.25) is 0 Å². The quantitative estimate of drug-likeness (QED) is 0.677. The van der Waals surface area contributed by atoms with Crippen molar-refractivity contribution in [2.75, 3.05) is 0 Å². The number of terminal acetylenes is 2. The van der Waals surface area contributed by atoms with E-state index in [0.717, 1.165) is 0 Å². The molecule has 0 amide bonds. The van der Waals surface area contributed by atoms with Crippen molar-refractivity contribution < 1.29 is 10.2 Å². The van der Waals surface area contributed by atoms with Crippen molar-refractivity contribution in [1.82, 2.24) is 0 Å². The third-order valence-corrected chi connectivity index (χ3v) is 1.88. The van der Waals surface area contributed by atoms with Crippen LogP contribution < -0.4 is 0 Å². The summed E-state index contributed by atoms with van der Waals surface area (Å²) in [6.45, 7) is 0. The number of benzene rings is 1. The van der Waals surface area contributed by atoms with Crippen LogP contribution in [-0.2, 0) is 0 Å². The maximum Gasteiger partial charge on any atom is 0.139 e. The molecule has 0 heterocycles. The largest absolute Gasteiger partial charge is 0.376 e. The Morgan fingerprint density at radius 1 is 0.857 bits per heavy atom. The van der Waals surface area contributed by atoms with Gasteiger partial charge in [-0.15, -0.1) is 12.8 Å². The second kappa shape index (κ2) is 4.48. The Morgan fingerprint density at radius 3 is 1.36 bits per heavy atom. The van der Waals surface area contributed by atoms with E-state index in [9.17, 15) is 10.2 Å². The van der Waals surface area contributed by atoms with Crippen LogP contribution in [0.25, 0.3) is 0 Å². The van der Waals surface area contributed by atoms with E-state index in [-0.39, 0.29) is 0 Å². The molecule has 0 saturated carbocycles. The first-order valence-electron chi connectivity index (χ1n) is 4.07. The van der Waals surface area contributed by atoms with Gasteiger partial charge in [0.25, 0.3) is 0 Å². The Hall–Kier alpha value is -1.74. The Morgan fingerprint density at radius 2 is 1.14 bits per heavy atom. The lowest BCUT2D eigenvalue weighted by molar-refractivity contribution is 0.234. The highest BCUT2D eigenvalue weighted by atomic mass is 16.3. The number of hydrogen-bond acceptors (Lipinski definition) is 2. The second-order valence-corrected chi connectivity index (χ2v) is 2.81. The lowest BCUT2D eigenvalue weighted by atomic mass is 10.0. The maximum absolute atomic E-state index is 9.28. The van der Waals surface area contributed by atoms with Gasteiger partial charge >= 0.3 is 0 Å². The van der Waals surface area contributed by atoms with Gasteiger partial charge in [0, 0.05) is 0 Å². The van der Waals surface area contributed by atoms with Crippen molar-refractivity contribution in [3.8, 4) is 24.7 Å². The van der Waals surface area contributed by atoms with Gasteiger partial charge in [-0.2, -0.15) is 0 Å². The molecule has 0 saturated heterocycles. The predicted molar refractivity (Wildman–Crippen MR) is 54.0 cm³/mol. The molecule has 1 rings (SSSR count). The van der Waals surface area contributed by atoms with Gasteiger partial charge in [0.1, 0.15) is 12.2 Å². The van der Waals surface area contributed by atoms with Crippen molar-refractivity contribution >= 4 is 0 Å². The van der Waals surface area contributed by atoms with Crippen LogP contribution in [0.3, 0.4) is 0 Å². The van der Waals surface area contributed by atoms with Crippen molar-refractivity contribution in [1.29, 1.82) is 0 Å². The average molecular weight is 186 g/mol. The zero-order chi connectivity index (χ0) is 10.6. The van der Waals surface area contributed by atoms with Gasteiger partial charge in [-0.1, -0.05) is 36.1 Å². The molecular weight excluding hydrogens is 176 g/mol. The molecule has 0 aliphatic heterocycles. The van der Waals surface area contributed by atoms with Crippen LogP contribution in [0, 0.1) is 24.7 Å². The standard InChI is InChI=1S/C12H10O2/c1-3-11(13)9-5-7-10(8-6-9)12(14)4-2/h1-2,5-8,11-14H/t11-,12-/m1/s1. The van der Waals surface area contributed by atoms with E-state index in [0.29, 0.717) is 11.1 Å². The van der Waals surface area contributed by atoms with Crippen LogP contribution in [0.15, 0.2) is 24.3 Å². The fourth-order valence-corrected chi connectivity index (χ4v) is 1.05. The van der Waals surface area contributed by atoms with Crippen LogP contribution in [0.4, 0.5) is 0 Å². The molecule has 1 aromatic carbocycles. The normalized spacial score (nSPS) is 13.7. The monoisotopic (exact) mass is 186 g/mol. The number of aliphatic hydroxyl groups is 2. The summed E-state index contributed by atoms with van der Waals surface area (Å²) in [5.74, 6) is 4.39. The van der Waals surface area contributed by atoms with E-state index < -0.39 is 12.2 Å². The zero-order valence-corrected chi connectivity index (χ0v) is 7.51. The first-order chi connectivity index (χ1) is 6.69. The molecule has 70 valence electrons. The minimum Gasteiger partial charge on any atom is -0.376 e. The zero-order valence-electron chi connectivity index (χ0n) is 7.51. The van der Waals surface area contributed by atoms with Gasteiger partial charge in [0.2, 0.25) is 0 Å². The lowest BCUT2D eigenvalue weighted by Crippen LogP contribution is -1.96. The molecule has 0 bridgehead atoms. The summed E-state index contributed by atoms with van der Waals surface area (Å²) < 4.78 is 0. The number of aliphatic hydroxyl groups excluding tert-OH is 2. The second-order valence-electron chi connectivity index (χ2n) is 2.81. The topological polar surface area (TPSA) is 40.5 Å². The summed E-state index contributed by atoms with van der Waals surface area (Å²) in [4.78, 5) is 0. The molecule has 2 atom stereocenters. The van der Waals surface area contributed by atoms with Crippen LogP contribution in [0.1, 0.15) is 23.3 Å². The van der Waals surface area contributed by atoms with E-state index in [1.54, 1.807) is 24.3 Å². The summed E-state index contributed by atoms with van der Waals surface area (Å²) in [6.07, 6.45) is 8.27. The predicted octanol–water partition coefficient (Wildman–Crippen LogP) is 1.02. The van der Waals surface area contributed by atoms with E-state index in [1.807, 2.05) is 0 Å². The first kappa shape index (κ1) is 10.3. The molecule has 1 aromatic rings. The van der Waals surface area contributed by atoms with E-state index >= 15 is 0 Å². The molecule has 0 radical (unpaired) electrons. The van der Waals surface area contributed by atoms with E-state index in [4.69, 9.17) is 12.8 Å². The van der Waals surface area contributed by atoms with Gasteiger partial charge in [-0.25, -0.2) is 0 Å². The Kier molecular flexibility index (Phi) is 3.31. The highest BCUT2D eigenvalue weighted by Gasteiger charge is 2.05. The molecule has 0 aromatic heterocycles. The fourth-order valence-electron chi connectivity index (χ4n) is 1.05. The Labute approximate surface area is 83.2 Å². The summed E-state index contributed by atoms with van der Waals surface area (Å²) in [5, 5.41) is 18.6. The fraction of sp³-hybridized carbons (Fsp3) is 0.167. The number of hydrogen-bond donors (Lipinski definition) is 2. The first-order valence-corrected chi connectivity index (χ1v) is 4.07. The summed E-state index contributed by atoms with van der Waals surface area (Å²) in [5.41, 5.74) is 1.22. The molecule has 0 fully saturated rings.